The van der Waals surface area contributed by atoms with Crippen molar-refractivity contribution in [2.45, 2.75) is 13.5 Å². The summed E-state index contributed by atoms with van der Waals surface area (Å²) in [6.45, 7) is 2.72. The molecule has 6 heteroatoms. The van der Waals surface area contributed by atoms with Gasteiger partial charge >= 0.3 is 0 Å². The van der Waals surface area contributed by atoms with Gasteiger partial charge in [0.25, 0.3) is 5.91 Å². The van der Waals surface area contributed by atoms with E-state index in [-0.39, 0.29) is 11.6 Å². The third kappa shape index (κ3) is 3.01. The van der Waals surface area contributed by atoms with Crippen LogP contribution in [0.1, 0.15) is 23.0 Å². The number of benzene rings is 1. The minimum absolute atomic E-state index is 0.0504. The fourth-order valence-electron chi connectivity index (χ4n) is 1.82. The maximum atomic E-state index is 13.3. The van der Waals surface area contributed by atoms with Crippen molar-refractivity contribution < 1.29 is 13.6 Å². The van der Waals surface area contributed by atoms with Crippen LogP contribution in [0.4, 0.5) is 10.1 Å². The smallest absolute Gasteiger partial charge is 0.255 e. The Labute approximate surface area is 124 Å². The highest BCUT2D eigenvalue weighted by atomic mass is 79.9. The van der Waals surface area contributed by atoms with E-state index in [1.54, 1.807) is 23.3 Å². The molecule has 0 fully saturated rings. The maximum Gasteiger partial charge on any atom is 0.255 e. The first-order chi connectivity index (χ1) is 9.52. The highest BCUT2D eigenvalue weighted by Gasteiger charge is 2.19. The molecule has 0 unspecified atom stereocenters. The van der Waals surface area contributed by atoms with Gasteiger partial charge in [-0.3, -0.25) is 4.79 Å². The van der Waals surface area contributed by atoms with E-state index in [4.69, 9.17) is 10.2 Å². The molecule has 2 N–H and O–H groups in total. The molecule has 1 amide bonds. The van der Waals surface area contributed by atoms with Crippen molar-refractivity contribution in [2.75, 3.05) is 12.3 Å². The normalized spacial score (nSPS) is 10.6. The molecule has 0 bridgehead atoms. The van der Waals surface area contributed by atoms with E-state index in [1.165, 1.54) is 12.1 Å². The quantitative estimate of drug-likeness (QED) is 0.867. The summed E-state index contributed by atoms with van der Waals surface area (Å²) in [6, 6.07) is 6.10. The molecule has 1 heterocycles. The Morgan fingerprint density at radius 3 is 2.85 bits per heavy atom. The largest absolute Gasteiger partial charge is 0.467 e. The van der Waals surface area contributed by atoms with E-state index in [0.29, 0.717) is 28.9 Å². The number of carbonyl (C=O) groups excluding carboxylic acids is 1. The third-order valence-corrected chi connectivity index (χ3v) is 3.57. The van der Waals surface area contributed by atoms with Crippen LogP contribution in [0.25, 0.3) is 0 Å². The van der Waals surface area contributed by atoms with Gasteiger partial charge in [-0.15, -0.1) is 0 Å². The summed E-state index contributed by atoms with van der Waals surface area (Å²) in [5, 5.41) is 0. The van der Waals surface area contributed by atoms with Gasteiger partial charge in [-0.05, 0) is 47.1 Å². The fraction of sp³-hybridized carbons (Fsp3) is 0.214. The second kappa shape index (κ2) is 6.09. The minimum Gasteiger partial charge on any atom is -0.467 e. The average molecular weight is 341 g/mol. The van der Waals surface area contributed by atoms with Crippen LogP contribution in [0.15, 0.2) is 39.4 Å². The first-order valence-electron chi connectivity index (χ1n) is 6.09. The first-order valence-corrected chi connectivity index (χ1v) is 6.88. The fourth-order valence-corrected chi connectivity index (χ4v) is 2.30. The predicted octanol–water partition coefficient (Wildman–Crippen LogP) is 3.43. The number of halogens is 2. The number of nitrogens with zero attached hydrogens (tertiary/aromatic N) is 1. The Morgan fingerprint density at radius 1 is 1.50 bits per heavy atom. The maximum absolute atomic E-state index is 13.3. The summed E-state index contributed by atoms with van der Waals surface area (Å²) in [7, 11) is 0. The monoisotopic (exact) mass is 340 g/mol. The van der Waals surface area contributed by atoms with Gasteiger partial charge in [-0.25, -0.2) is 4.39 Å². The van der Waals surface area contributed by atoms with Crippen LogP contribution < -0.4 is 5.73 Å². The van der Waals surface area contributed by atoms with Crippen LogP contribution in [0.3, 0.4) is 0 Å². The average Bonchev–Trinajstić information content (AvgIpc) is 2.92. The molecule has 0 atom stereocenters. The lowest BCUT2D eigenvalue weighted by Gasteiger charge is -2.20. The molecule has 106 valence electrons. The molecule has 0 aliphatic carbocycles. The minimum atomic E-state index is -0.553. The highest BCUT2D eigenvalue weighted by molar-refractivity contribution is 9.10. The molecule has 2 aromatic rings. The second-order valence-corrected chi connectivity index (χ2v) is 5.11. The standard InChI is InChI=1S/C14H14BrFN2O2/c1-2-18(8-9-4-3-5-20-9)14(19)10-6-13(17)12(16)7-11(10)15/h3-7H,2,8,17H2,1H3. The lowest BCUT2D eigenvalue weighted by Crippen LogP contribution is -2.30. The topological polar surface area (TPSA) is 59.5 Å². The number of nitrogen functional groups attached to an aromatic ring is 1. The summed E-state index contributed by atoms with van der Waals surface area (Å²) in [6.07, 6.45) is 1.56. The van der Waals surface area contributed by atoms with Gasteiger partial charge in [0.15, 0.2) is 0 Å². The lowest BCUT2D eigenvalue weighted by atomic mass is 10.1. The van der Waals surface area contributed by atoms with Crippen molar-refractivity contribution >= 4 is 27.5 Å². The molecule has 20 heavy (non-hydrogen) atoms. The number of nitrogens with two attached hydrogens (primary N) is 1. The zero-order valence-electron chi connectivity index (χ0n) is 10.9. The highest BCUT2D eigenvalue weighted by Crippen LogP contribution is 2.24. The molecule has 0 aliphatic heterocycles. The Balaban J connectivity index is 2.26. The van der Waals surface area contributed by atoms with Gasteiger partial charge in [-0.2, -0.15) is 0 Å². The van der Waals surface area contributed by atoms with Crippen LogP contribution in [0.2, 0.25) is 0 Å². The molecule has 0 radical (unpaired) electrons. The first kappa shape index (κ1) is 14.6. The molecule has 0 spiro atoms. The van der Waals surface area contributed by atoms with Crippen molar-refractivity contribution in [1.82, 2.24) is 4.90 Å². The summed E-state index contributed by atoms with van der Waals surface area (Å²) in [5.41, 5.74) is 5.80. The number of hydrogen-bond acceptors (Lipinski definition) is 3. The van der Waals surface area contributed by atoms with Crippen LogP contribution in [0.5, 0.6) is 0 Å². The number of rotatable bonds is 4. The lowest BCUT2D eigenvalue weighted by molar-refractivity contribution is 0.0740. The number of anilines is 1. The predicted molar refractivity (Wildman–Crippen MR) is 77.6 cm³/mol. The van der Waals surface area contributed by atoms with Gasteiger partial charge in [0.1, 0.15) is 11.6 Å². The van der Waals surface area contributed by atoms with Crippen molar-refractivity contribution in [3.63, 3.8) is 0 Å². The van der Waals surface area contributed by atoms with E-state index in [1.807, 2.05) is 6.92 Å². The molecule has 4 nitrogen and oxygen atoms in total. The Kier molecular flexibility index (Phi) is 4.44. The van der Waals surface area contributed by atoms with Crippen LogP contribution in [0, 0.1) is 5.82 Å². The summed E-state index contributed by atoms with van der Waals surface area (Å²) in [5.74, 6) is -0.101. The van der Waals surface area contributed by atoms with E-state index in [2.05, 4.69) is 15.9 Å². The van der Waals surface area contributed by atoms with Gasteiger partial charge < -0.3 is 15.1 Å². The van der Waals surface area contributed by atoms with E-state index in [0.717, 1.165) is 0 Å². The third-order valence-electron chi connectivity index (χ3n) is 2.91. The SMILES string of the molecule is CCN(Cc1ccco1)C(=O)c1cc(N)c(F)cc1Br. The Hall–Kier alpha value is -1.82. The van der Waals surface area contributed by atoms with Crippen molar-refractivity contribution in [3.8, 4) is 0 Å². The van der Waals surface area contributed by atoms with Crippen LogP contribution in [-0.2, 0) is 6.54 Å². The molecule has 0 saturated carbocycles. The van der Waals surface area contributed by atoms with Gasteiger partial charge in [-0.1, -0.05) is 0 Å². The van der Waals surface area contributed by atoms with Crippen LogP contribution >= 0.6 is 15.9 Å². The second-order valence-electron chi connectivity index (χ2n) is 4.25. The van der Waals surface area contributed by atoms with E-state index in [9.17, 15) is 9.18 Å². The number of hydrogen-bond donors (Lipinski definition) is 1. The van der Waals surface area contributed by atoms with Gasteiger partial charge in [0, 0.05) is 11.0 Å². The summed E-state index contributed by atoms with van der Waals surface area (Å²) >= 11 is 3.19. The summed E-state index contributed by atoms with van der Waals surface area (Å²) < 4.78 is 18.9. The number of furan rings is 1. The molecule has 0 saturated heterocycles. The zero-order chi connectivity index (χ0) is 14.7. The van der Waals surface area contributed by atoms with E-state index < -0.39 is 5.82 Å². The van der Waals surface area contributed by atoms with Gasteiger partial charge in [0.2, 0.25) is 0 Å². The molecular weight excluding hydrogens is 327 g/mol. The molecule has 1 aromatic heterocycles. The van der Waals surface area contributed by atoms with Crippen molar-refractivity contribution in [2.24, 2.45) is 0 Å². The Bertz CT molecular complexity index is 614. The van der Waals surface area contributed by atoms with E-state index >= 15 is 0 Å². The summed E-state index contributed by atoms with van der Waals surface area (Å²) in [4.78, 5) is 14.1. The van der Waals surface area contributed by atoms with Crippen molar-refractivity contribution in [3.05, 3.63) is 52.1 Å². The van der Waals surface area contributed by atoms with Crippen molar-refractivity contribution in [1.29, 1.82) is 0 Å². The molecule has 1 aromatic carbocycles. The number of carbonyl (C=O) groups is 1. The van der Waals surface area contributed by atoms with Gasteiger partial charge in [0.05, 0.1) is 24.1 Å². The molecule has 2 rings (SSSR count). The van der Waals surface area contributed by atoms with Crippen LogP contribution in [-0.4, -0.2) is 17.4 Å². The number of amides is 1. The Morgan fingerprint density at radius 2 is 2.25 bits per heavy atom. The zero-order valence-corrected chi connectivity index (χ0v) is 12.5. The molecular formula is C14H14BrFN2O2. The molecule has 0 aliphatic rings.